The number of nitrogens with zero attached hydrogens (tertiary/aromatic N) is 1. The van der Waals surface area contributed by atoms with Crippen LogP contribution in [0, 0.1) is 0 Å². The number of anilines is 1. The molecule has 0 radical (unpaired) electrons. The minimum absolute atomic E-state index is 0.0747. The fraction of sp³-hybridized carbons (Fsp3) is 0.429. The Balaban J connectivity index is 2.44. The lowest BCUT2D eigenvalue weighted by Gasteiger charge is -2.12. The van der Waals surface area contributed by atoms with Gasteiger partial charge in [0.1, 0.15) is 0 Å². The second kappa shape index (κ2) is 6.79. The molecule has 0 bridgehead atoms. The molecule has 0 heterocycles. The van der Waals surface area contributed by atoms with Crippen LogP contribution in [0.25, 0.3) is 0 Å². The molecule has 0 aromatic heterocycles. The third-order valence-electron chi connectivity index (χ3n) is 2.75. The van der Waals surface area contributed by atoms with E-state index >= 15 is 0 Å². The van der Waals surface area contributed by atoms with Gasteiger partial charge in [-0.1, -0.05) is 0 Å². The van der Waals surface area contributed by atoms with Crippen molar-refractivity contribution in [3.63, 3.8) is 0 Å². The fourth-order valence-electron chi connectivity index (χ4n) is 1.65. The smallest absolute Gasteiger partial charge is 0.303 e. The molecule has 1 N–H and O–H groups in total. The molecule has 0 unspecified atom stereocenters. The second-order valence-electron chi connectivity index (χ2n) is 4.47. The molecule has 1 aromatic carbocycles. The number of hydrogen-bond acceptors (Lipinski definition) is 3. The van der Waals surface area contributed by atoms with Crippen LogP contribution in [-0.4, -0.2) is 31.0 Å². The van der Waals surface area contributed by atoms with Gasteiger partial charge in [0.15, 0.2) is 5.78 Å². The number of unbranched alkanes of at least 4 members (excludes halogenated alkanes) is 1. The van der Waals surface area contributed by atoms with Gasteiger partial charge >= 0.3 is 5.97 Å². The maximum Gasteiger partial charge on any atom is 0.303 e. The number of Topliss-reactive ketones (excluding diaryl/α,β-unsaturated/α-hetero) is 1. The van der Waals surface area contributed by atoms with Gasteiger partial charge in [-0.3, -0.25) is 9.59 Å². The first kappa shape index (κ1) is 14.2. The quantitative estimate of drug-likeness (QED) is 0.596. The standard InChI is InChI=1S/C14H19NO3/c1-15(2)12-9-7-11(8-10-12)13(16)5-3-4-6-14(17)18/h7-10H,3-6H2,1-2H3,(H,17,18). The van der Waals surface area contributed by atoms with E-state index in [9.17, 15) is 9.59 Å². The van der Waals surface area contributed by atoms with Crippen LogP contribution in [-0.2, 0) is 4.79 Å². The van der Waals surface area contributed by atoms with Gasteiger partial charge in [-0.15, -0.1) is 0 Å². The van der Waals surface area contributed by atoms with E-state index in [0.29, 0.717) is 24.8 Å². The molecule has 98 valence electrons. The predicted molar refractivity (Wildman–Crippen MR) is 71.2 cm³/mol. The Morgan fingerprint density at radius 1 is 1.06 bits per heavy atom. The molecule has 1 rings (SSSR count). The van der Waals surface area contributed by atoms with Crippen molar-refractivity contribution < 1.29 is 14.7 Å². The topological polar surface area (TPSA) is 57.6 Å². The predicted octanol–water partition coefficient (Wildman–Crippen LogP) is 2.58. The Morgan fingerprint density at radius 3 is 2.11 bits per heavy atom. The van der Waals surface area contributed by atoms with Gasteiger partial charge in [0.25, 0.3) is 0 Å². The number of carbonyl (C=O) groups is 2. The van der Waals surface area contributed by atoms with Crippen molar-refractivity contribution in [1.82, 2.24) is 0 Å². The van der Waals surface area contributed by atoms with Crippen LogP contribution in [0.3, 0.4) is 0 Å². The average molecular weight is 249 g/mol. The first-order chi connectivity index (χ1) is 8.50. The molecule has 4 nitrogen and oxygen atoms in total. The number of rotatable bonds is 7. The number of hydrogen-bond donors (Lipinski definition) is 1. The van der Waals surface area contributed by atoms with Crippen molar-refractivity contribution in [3.05, 3.63) is 29.8 Å². The van der Waals surface area contributed by atoms with E-state index in [1.165, 1.54) is 0 Å². The number of carbonyl (C=O) groups excluding carboxylic acids is 1. The Kier molecular flexibility index (Phi) is 5.36. The van der Waals surface area contributed by atoms with Crippen LogP contribution in [0.5, 0.6) is 0 Å². The molecule has 1 aromatic rings. The molecule has 0 atom stereocenters. The molecule has 0 saturated heterocycles. The highest BCUT2D eigenvalue weighted by Gasteiger charge is 2.06. The lowest BCUT2D eigenvalue weighted by atomic mass is 10.0. The van der Waals surface area contributed by atoms with Crippen LogP contribution in [0.15, 0.2) is 24.3 Å². The highest BCUT2D eigenvalue weighted by Crippen LogP contribution is 2.14. The van der Waals surface area contributed by atoms with E-state index in [1.54, 1.807) is 0 Å². The van der Waals surface area contributed by atoms with Gasteiger partial charge < -0.3 is 10.0 Å². The van der Waals surface area contributed by atoms with E-state index in [-0.39, 0.29) is 12.2 Å². The second-order valence-corrected chi connectivity index (χ2v) is 4.47. The Morgan fingerprint density at radius 2 is 1.61 bits per heavy atom. The van der Waals surface area contributed by atoms with Crippen LogP contribution in [0.4, 0.5) is 5.69 Å². The van der Waals surface area contributed by atoms with Crippen LogP contribution in [0.1, 0.15) is 36.0 Å². The average Bonchev–Trinajstić information content (AvgIpc) is 2.34. The van der Waals surface area contributed by atoms with Crippen molar-refractivity contribution in [2.75, 3.05) is 19.0 Å². The highest BCUT2D eigenvalue weighted by molar-refractivity contribution is 5.96. The monoisotopic (exact) mass is 249 g/mol. The minimum Gasteiger partial charge on any atom is -0.481 e. The molecular formula is C14H19NO3. The maximum absolute atomic E-state index is 11.8. The molecule has 0 aliphatic carbocycles. The van der Waals surface area contributed by atoms with E-state index in [4.69, 9.17) is 5.11 Å². The summed E-state index contributed by atoms with van der Waals surface area (Å²) in [5.74, 6) is -0.733. The Bertz CT molecular complexity index is 410. The summed E-state index contributed by atoms with van der Waals surface area (Å²) in [7, 11) is 3.89. The number of benzene rings is 1. The molecule has 0 saturated carbocycles. The number of ketones is 1. The van der Waals surface area contributed by atoms with Gasteiger partial charge in [-0.05, 0) is 37.1 Å². The van der Waals surface area contributed by atoms with E-state index in [1.807, 2.05) is 43.3 Å². The van der Waals surface area contributed by atoms with Crippen molar-refractivity contribution in [3.8, 4) is 0 Å². The molecule has 0 aliphatic rings. The lowest BCUT2D eigenvalue weighted by Crippen LogP contribution is -2.08. The molecule has 0 aliphatic heterocycles. The summed E-state index contributed by atoms with van der Waals surface area (Å²) in [5, 5.41) is 8.49. The summed E-state index contributed by atoms with van der Waals surface area (Å²) < 4.78 is 0. The minimum atomic E-state index is -0.808. The third-order valence-corrected chi connectivity index (χ3v) is 2.75. The van der Waals surface area contributed by atoms with Crippen molar-refractivity contribution >= 4 is 17.4 Å². The zero-order valence-corrected chi connectivity index (χ0v) is 10.8. The zero-order chi connectivity index (χ0) is 13.5. The van der Waals surface area contributed by atoms with Gasteiger partial charge in [-0.25, -0.2) is 0 Å². The summed E-state index contributed by atoms with van der Waals surface area (Å²) in [6, 6.07) is 7.44. The molecule has 0 spiro atoms. The number of aliphatic carboxylic acids is 1. The van der Waals surface area contributed by atoms with E-state index < -0.39 is 5.97 Å². The zero-order valence-electron chi connectivity index (χ0n) is 10.8. The lowest BCUT2D eigenvalue weighted by molar-refractivity contribution is -0.137. The van der Waals surface area contributed by atoms with Gasteiger partial charge in [0, 0.05) is 38.2 Å². The Labute approximate surface area is 107 Å². The third kappa shape index (κ3) is 4.57. The number of carboxylic acid groups (broad SMARTS) is 1. The van der Waals surface area contributed by atoms with Crippen LogP contribution < -0.4 is 4.90 Å². The van der Waals surface area contributed by atoms with E-state index in [0.717, 1.165) is 5.69 Å². The first-order valence-electron chi connectivity index (χ1n) is 6.03. The molecule has 18 heavy (non-hydrogen) atoms. The summed E-state index contributed by atoms with van der Waals surface area (Å²) in [6.07, 6.45) is 1.72. The summed E-state index contributed by atoms with van der Waals surface area (Å²) in [4.78, 5) is 24.1. The molecule has 4 heteroatoms. The van der Waals surface area contributed by atoms with Crippen molar-refractivity contribution in [1.29, 1.82) is 0 Å². The van der Waals surface area contributed by atoms with Gasteiger partial charge in [0.05, 0.1) is 0 Å². The van der Waals surface area contributed by atoms with Gasteiger partial charge in [0.2, 0.25) is 0 Å². The highest BCUT2D eigenvalue weighted by atomic mass is 16.4. The van der Waals surface area contributed by atoms with Gasteiger partial charge in [-0.2, -0.15) is 0 Å². The first-order valence-corrected chi connectivity index (χ1v) is 6.03. The van der Waals surface area contributed by atoms with Crippen molar-refractivity contribution in [2.24, 2.45) is 0 Å². The fourth-order valence-corrected chi connectivity index (χ4v) is 1.65. The molecule has 0 fully saturated rings. The molecular weight excluding hydrogens is 230 g/mol. The largest absolute Gasteiger partial charge is 0.481 e. The molecule has 0 amide bonds. The maximum atomic E-state index is 11.8. The summed E-state index contributed by atoms with van der Waals surface area (Å²) in [5.41, 5.74) is 1.74. The van der Waals surface area contributed by atoms with E-state index in [2.05, 4.69) is 0 Å². The van der Waals surface area contributed by atoms with Crippen LogP contribution in [0.2, 0.25) is 0 Å². The Hall–Kier alpha value is -1.84. The summed E-state index contributed by atoms with van der Waals surface area (Å²) >= 11 is 0. The number of carboxylic acids is 1. The van der Waals surface area contributed by atoms with Crippen molar-refractivity contribution in [2.45, 2.75) is 25.7 Å². The summed E-state index contributed by atoms with van der Waals surface area (Å²) in [6.45, 7) is 0. The normalized spacial score (nSPS) is 10.1. The SMILES string of the molecule is CN(C)c1ccc(C(=O)CCCCC(=O)O)cc1. The van der Waals surface area contributed by atoms with Crippen LogP contribution >= 0.6 is 0 Å².